The summed E-state index contributed by atoms with van der Waals surface area (Å²) in [5.74, 6) is 0. The van der Waals surface area contributed by atoms with Crippen LogP contribution in [0.25, 0.3) is 0 Å². The minimum atomic E-state index is -4.67. The van der Waals surface area contributed by atoms with Gasteiger partial charge in [0.15, 0.2) is 0 Å². The molecule has 0 heterocycles. The lowest BCUT2D eigenvalue weighted by atomic mass is 9.82. The molecule has 0 spiro atoms. The Morgan fingerprint density at radius 1 is 0.913 bits per heavy atom. The van der Waals surface area contributed by atoms with Gasteiger partial charge in [0.2, 0.25) is 0 Å². The average molecular weight is 334 g/mol. The van der Waals surface area contributed by atoms with E-state index in [0.29, 0.717) is 6.42 Å². The van der Waals surface area contributed by atoms with Crippen molar-refractivity contribution < 1.29 is 18.9 Å². The van der Waals surface area contributed by atoms with Crippen molar-refractivity contribution in [1.82, 2.24) is 0 Å². The van der Waals surface area contributed by atoms with E-state index in [9.17, 15) is 14.4 Å². The molecular weight excluding hydrogens is 311 g/mol. The zero-order valence-electron chi connectivity index (χ0n) is 13.3. The SMILES string of the molecule is CCCCCC(OP(=O)(O)O)(c1ccccc1)c1ccccc1. The molecule has 2 aromatic carbocycles. The molecule has 2 N–H and O–H groups in total. The van der Waals surface area contributed by atoms with Crippen molar-refractivity contribution in [2.45, 2.75) is 38.2 Å². The highest BCUT2D eigenvalue weighted by Gasteiger charge is 2.40. The maximum absolute atomic E-state index is 11.7. The summed E-state index contributed by atoms with van der Waals surface area (Å²) in [6, 6.07) is 18.6. The normalized spacial score (nSPS) is 12.3. The summed E-state index contributed by atoms with van der Waals surface area (Å²) in [6.45, 7) is 2.09. The number of hydrogen-bond acceptors (Lipinski definition) is 2. The van der Waals surface area contributed by atoms with Crippen LogP contribution >= 0.6 is 7.82 Å². The van der Waals surface area contributed by atoms with Crippen LogP contribution in [0.15, 0.2) is 60.7 Å². The van der Waals surface area contributed by atoms with Crippen LogP contribution in [0.5, 0.6) is 0 Å². The second kappa shape index (κ2) is 7.89. The molecule has 0 aliphatic heterocycles. The molecule has 0 aliphatic carbocycles. The minimum Gasteiger partial charge on any atom is -0.303 e. The maximum atomic E-state index is 11.7. The van der Waals surface area contributed by atoms with Gasteiger partial charge in [0.25, 0.3) is 0 Å². The van der Waals surface area contributed by atoms with Gasteiger partial charge in [-0.15, -0.1) is 0 Å². The quantitative estimate of drug-likeness (QED) is 0.546. The van der Waals surface area contributed by atoms with Crippen LogP contribution < -0.4 is 0 Å². The Kier molecular flexibility index (Phi) is 6.14. The summed E-state index contributed by atoms with van der Waals surface area (Å²) in [5.41, 5.74) is 0.368. The molecule has 5 heteroatoms. The first kappa shape index (κ1) is 17.9. The molecule has 0 aliphatic rings. The summed E-state index contributed by atoms with van der Waals surface area (Å²) in [5, 5.41) is 0. The zero-order chi connectivity index (χ0) is 16.8. The lowest BCUT2D eigenvalue weighted by molar-refractivity contribution is 0.0553. The van der Waals surface area contributed by atoms with E-state index in [0.717, 1.165) is 30.4 Å². The van der Waals surface area contributed by atoms with E-state index in [2.05, 4.69) is 6.92 Å². The first-order valence-corrected chi connectivity index (χ1v) is 9.38. The van der Waals surface area contributed by atoms with Gasteiger partial charge in [0, 0.05) is 0 Å². The molecule has 0 saturated carbocycles. The Morgan fingerprint density at radius 2 is 1.39 bits per heavy atom. The molecule has 0 bridgehead atoms. The molecule has 0 unspecified atom stereocenters. The third-order valence-electron chi connectivity index (χ3n) is 3.89. The van der Waals surface area contributed by atoms with Crippen molar-refractivity contribution in [3.05, 3.63) is 71.8 Å². The van der Waals surface area contributed by atoms with Crippen LogP contribution in [0.1, 0.15) is 43.7 Å². The minimum absolute atomic E-state index is 0.514. The fourth-order valence-corrected chi connectivity index (χ4v) is 3.56. The second-order valence-electron chi connectivity index (χ2n) is 5.60. The number of benzene rings is 2. The van der Waals surface area contributed by atoms with Gasteiger partial charge < -0.3 is 9.79 Å². The lowest BCUT2D eigenvalue weighted by Gasteiger charge is -2.35. The van der Waals surface area contributed by atoms with Crippen LogP contribution in [-0.4, -0.2) is 9.79 Å². The van der Waals surface area contributed by atoms with Crippen LogP contribution in [0, 0.1) is 0 Å². The van der Waals surface area contributed by atoms with E-state index in [1.54, 1.807) is 0 Å². The molecule has 0 radical (unpaired) electrons. The summed E-state index contributed by atoms with van der Waals surface area (Å²) < 4.78 is 17.1. The van der Waals surface area contributed by atoms with Crippen molar-refractivity contribution in [3.63, 3.8) is 0 Å². The average Bonchev–Trinajstić information content (AvgIpc) is 2.54. The van der Waals surface area contributed by atoms with Crippen molar-refractivity contribution in [2.24, 2.45) is 0 Å². The van der Waals surface area contributed by atoms with Crippen molar-refractivity contribution in [2.75, 3.05) is 0 Å². The van der Waals surface area contributed by atoms with Crippen LogP contribution in [0.4, 0.5) is 0 Å². The molecule has 0 aromatic heterocycles. The van der Waals surface area contributed by atoms with E-state index in [1.165, 1.54) is 0 Å². The molecule has 0 amide bonds. The number of rotatable bonds is 8. The Labute approximate surface area is 137 Å². The number of hydrogen-bond donors (Lipinski definition) is 2. The highest BCUT2D eigenvalue weighted by molar-refractivity contribution is 7.46. The highest BCUT2D eigenvalue weighted by Crippen LogP contribution is 2.51. The van der Waals surface area contributed by atoms with E-state index < -0.39 is 13.4 Å². The number of unbranched alkanes of at least 4 members (excludes halogenated alkanes) is 2. The standard InChI is InChI=1S/C18H23O4P/c1-2-3-10-15-18(22-23(19,20)21,16-11-6-4-7-12-16)17-13-8-5-9-14-17/h4-9,11-14H,2-3,10,15H2,1H3,(H2,19,20,21). The van der Waals surface area contributed by atoms with Gasteiger partial charge in [0.1, 0.15) is 5.60 Å². The zero-order valence-corrected chi connectivity index (χ0v) is 14.2. The molecule has 2 aromatic rings. The number of phosphoric ester groups is 1. The molecule has 0 atom stereocenters. The van der Waals surface area contributed by atoms with Crippen LogP contribution in [0.3, 0.4) is 0 Å². The molecule has 0 saturated heterocycles. The summed E-state index contributed by atoms with van der Waals surface area (Å²) in [6.07, 6.45) is 3.34. The van der Waals surface area contributed by atoms with Crippen LogP contribution in [0.2, 0.25) is 0 Å². The predicted octanol–water partition coefficient (Wildman–Crippen LogP) is 4.62. The highest BCUT2D eigenvalue weighted by atomic mass is 31.2. The van der Waals surface area contributed by atoms with Gasteiger partial charge in [-0.05, 0) is 24.0 Å². The monoisotopic (exact) mass is 334 g/mol. The smallest absolute Gasteiger partial charge is 0.303 e. The molecule has 0 fully saturated rings. The van der Waals surface area contributed by atoms with Gasteiger partial charge >= 0.3 is 7.82 Å². The lowest BCUT2D eigenvalue weighted by Crippen LogP contribution is -2.30. The van der Waals surface area contributed by atoms with Gasteiger partial charge in [-0.2, -0.15) is 0 Å². The molecule has 124 valence electrons. The van der Waals surface area contributed by atoms with Crippen molar-refractivity contribution in [1.29, 1.82) is 0 Å². The molecular formula is C18H23O4P. The Morgan fingerprint density at radius 3 is 1.78 bits per heavy atom. The fourth-order valence-electron chi connectivity index (χ4n) is 2.85. The summed E-state index contributed by atoms with van der Waals surface area (Å²) in [4.78, 5) is 19.0. The summed E-state index contributed by atoms with van der Waals surface area (Å²) >= 11 is 0. The largest absolute Gasteiger partial charge is 0.470 e. The van der Waals surface area contributed by atoms with Gasteiger partial charge in [0.05, 0.1) is 0 Å². The van der Waals surface area contributed by atoms with Crippen molar-refractivity contribution >= 4 is 7.82 Å². The van der Waals surface area contributed by atoms with E-state index in [4.69, 9.17) is 4.52 Å². The molecule has 2 rings (SSSR count). The van der Waals surface area contributed by atoms with E-state index in [-0.39, 0.29) is 0 Å². The van der Waals surface area contributed by atoms with E-state index in [1.807, 2.05) is 60.7 Å². The van der Waals surface area contributed by atoms with Crippen LogP contribution in [-0.2, 0) is 14.7 Å². The Bertz CT molecular complexity index is 597. The Hall–Kier alpha value is -1.45. The second-order valence-corrected chi connectivity index (χ2v) is 6.76. The Balaban J connectivity index is 2.55. The third-order valence-corrected chi connectivity index (χ3v) is 4.44. The molecule has 23 heavy (non-hydrogen) atoms. The fraction of sp³-hybridized carbons (Fsp3) is 0.333. The molecule has 4 nitrogen and oxygen atoms in total. The van der Waals surface area contributed by atoms with Gasteiger partial charge in [-0.25, -0.2) is 4.57 Å². The van der Waals surface area contributed by atoms with Crippen molar-refractivity contribution in [3.8, 4) is 0 Å². The first-order valence-electron chi connectivity index (χ1n) is 7.85. The maximum Gasteiger partial charge on any atom is 0.470 e. The number of phosphoric acid groups is 1. The first-order chi connectivity index (χ1) is 11.0. The topological polar surface area (TPSA) is 66.8 Å². The summed E-state index contributed by atoms with van der Waals surface area (Å²) in [7, 11) is -4.67. The third kappa shape index (κ3) is 4.76. The van der Waals surface area contributed by atoms with Gasteiger partial charge in [-0.3, -0.25) is 4.52 Å². The van der Waals surface area contributed by atoms with Gasteiger partial charge in [-0.1, -0.05) is 80.4 Å². The van der Waals surface area contributed by atoms with E-state index >= 15 is 0 Å². The predicted molar refractivity (Wildman–Crippen MR) is 90.9 cm³/mol.